The minimum Gasteiger partial charge on any atom is -0.439 e. The number of pyridine rings is 1. The Morgan fingerprint density at radius 1 is 1.05 bits per heavy atom. The lowest BCUT2D eigenvalue weighted by atomic mass is 10.1. The molecule has 1 aliphatic heterocycles. The van der Waals surface area contributed by atoms with E-state index >= 15 is 0 Å². The van der Waals surface area contributed by atoms with Gasteiger partial charge in [0.2, 0.25) is 17.7 Å². The van der Waals surface area contributed by atoms with Crippen LogP contribution in [0.5, 0.6) is 11.6 Å². The molecule has 1 fully saturated rings. The third-order valence-electron chi connectivity index (χ3n) is 5.60. The number of carbonyl (C=O) groups is 1. The van der Waals surface area contributed by atoms with E-state index in [-0.39, 0.29) is 35.9 Å². The molecule has 37 heavy (non-hydrogen) atoms. The van der Waals surface area contributed by atoms with Gasteiger partial charge in [-0.25, -0.2) is 14.4 Å². The van der Waals surface area contributed by atoms with E-state index in [0.717, 1.165) is 11.8 Å². The van der Waals surface area contributed by atoms with Crippen molar-refractivity contribution in [2.24, 2.45) is 5.92 Å². The monoisotopic (exact) mass is 521 g/mol. The van der Waals surface area contributed by atoms with Gasteiger partial charge in [0.25, 0.3) is 5.56 Å². The van der Waals surface area contributed by atoms with Crippen LogP contribution in [-0.4, -0.2) is 33.7 Å². The number of aromatic nitrogens is 3. The number of anilines is 3. The molecule has 0 saturated carbocycles. The van der Waals surface area contributed by atoms with Crippen LogP contribution >= 0.6 is 11.6 Å². The predicted molar refractivity (Wildman–Crippen MR) is 136 cm³/mol. The molecule has 0 spiro atoms. The van der Waals surface area contributed by atoms with E-state index in [4.69, 9.17) is 21.1 Å². The van der Waals surface area contributed by atoms with Crippen LogP contribution in [-0.2, 0) is 16.1 Å². The van der Waals surface area contributed by atoms with Crippen molar-refractivity contribution < 1.29 is 18.7 Å². The third-order valence-corrected chi connectivity index (χ3v) is 5.85. The quantitative estimate of drug-likeness (QED) is 0.349. The minimum absolute atomic E-state index is 0.0759. The van der Waals surface area contributed by atoms with Crippen molar-refractivity contribution in [3.63, 3.8) is 0 Å². The largest absolute Gasteiger partial charge is 0.439 e. The van der Waals surface area contributed by atoms with Crippen LogP contribution in [0.3, 0.4) is 0 Å². The lowest BCUT2D eigenvalue weighted by Gasteiger charge is -2.24. The summed E-state index contributed by atoms with van der Waals surface area (Å²) in [6.07, 6.45) is 2.40. The summed E-state index contributed by atoms with van der Waals surface area (Å²) in [6.45, 7) is 0.850. The van der Waals surface area contributed by atoms with Gasteiger partial charge in [0.1, 0.15) is 17.3 Å². The summed E-state index contributed by atoms with van der Waals surface area (Å²) in [7, 11) is 0. The molecule has 188 valence electrons. The number of ether oxygens (including phenoxy) is 2. The fraction of sp³-hybridized carbons (Fsp3) is 0.154. The number of hydrogen-bond acceptors (Lipinski definition) is 7. The fourth-order valence-corrected chi connectivity index (χ4v) is 3.62. The van der Waals surface area contributed by atoms with Crippen LogP contribution in [0, 0.1) is 11.7 Å². The van der Waals surface area contributed by atoms with Crippen molar-refractivity contribution in [3.8, 4) is 11.6 Å². The third kappa shape index (κ3) is 5.93. The zero-order valence-electron chi connectivity index (χ0n) is 19.4. The Balaban J connectivity index is 1.38. The van der Waals surface area contributed by atoms with Crippen molar-refractivity contribution in [1.82, 2.24) is 14.5 Å². The van der Waals surface area contributed by atoms with E-state index in [0.29, 0.717) is 29.7 Å². The first-order valence-corrected chi connectivity index (χ1v) is 11.7. The van der Waals surface area contributed by atoms with Gasteiger partial charge < -0.3 is 20.1 Å². The summed E-state index contributed by atoms with van der Waals surface area (Å²) >= 11 is 6.00. The first kappa shape index (κ1) is 24.4. The Morgan fingerprint density at radius 2 is 1.81 bits per heavy atom. The molecule has 0 aliphatic carbocycles. The summed E-state index contributed by atoms with van der Waals surface area (Å²) in [5.74, 6) is 0.00857. The van der Waals surface area contributed by atoms with Crippen molar-refractivity contribution in [3.05, 3.63) is 99.8 Å². The maximum Gasteiger partial charge on any atom is 0.279 e. The maximum atomic E-state index is 13.4. The van der Waals surface area contributed by atoms with E-state index in [2.05, 4.69) is 20.6 Å². The SMILES string of the molecule is O=C(Nc1cnc(Nc2ccc(Oc3ccc(F)cn3)cc2)n(Cc2ccc(Cl)cc2)c1=O)C1COC1. The molecule has 4 aromatic rings. The Hall–Kier alpha value is -4.28. The first-order valence-electron chi connectivity index (χ1n) is 11.3. The molecule has 0 atom stereocenters. The molecular weight excluding hydrogens is 501 g/mol. The number of nitrogens with one attached hydrogen (secondary N) is 2. The number of nitrogens with zero attached hydrogens (tertiary/aromatic N) is 3. The van der Waals surface area contributed by atoms with Gasteiger partial charge >= 0.3 is 0 Å². The Kier molecular flexibility index (Phi) is 7.11. The van der Waals surface area contributed by atoms with Crippen LogP contribution in [0.25, 0.3) is 0 Å². The van der Waals surface area contributed by atoms with Gasteiger partial charge in [0.15, 0.2) is 0 Å². The van der Waals surface area contributed by atoms with E-state index in [9.17, 15) is 14.0 Å². The highest BCUT2D eigenvalue weighted by Crippen LogP contribution is 2.24. The second kappa shape index (κ2) is 10.8. The van der Waals surface area contributed by atoms with E-state index in [1.807, 2.05) is 12.1 Å². The zero-order valence-corrected chi connectivity index (χ0v) is 20.1. The van der Waals surface area contributed by atoms with E-state index in [1.54, 1.807) is 36.4 Å². The first-order chi connectivity index (χ1) is 17.9. The molecule has 1 amide bonds. The zero-order chi connectivity index (χ0) is 25.8. The Labute approximate surface area is 215 Å². The predicted octanol–water partition coefficient (Wildman–Crippen LogP) is 4.60. The Bertz CT molecular complexity index is 1460. The highest BCUT2D eigenvalue weighted by atomic mass is 35.5. The molecule has 2 N–H and O–H groups in total. The molecule has 5 rings (SSSR count). The Morgan fingerprint density at radius 3 is 2.46 bits per heavy atom. The van der Waals surface area contributed by atoms with Crippen LogP contribution < -0.4 is 20.9 Å². The smallest absolute Gasteiger partial charge is 0.279 e. The summed E-state index contributed by atoms with van der Waals surface area (Å²) in [6, 6.07) is 16.7. The average Bonchev–Trinajstić information content (AvgIpc) is 2.86. The number of halogens is 2. The van der Waals surface area contributed by atoms with Crippen LogP contribution in [0.4, 0.5) is 21.7 Å². The van der Waals surface area contributed by atoms with Crippen molar-refractivity contribution in [2.75, 3.05) is 23.8 Å². The van der Waals surface area contributed by atoms with E-state index < -0.39 is 11.4 Å². The van der Waals surface area contributed by atoms with Gasteiger partial charge in [0.05, 0.1) is 38.1 Å². The molecule has 2 aromatic carbocycles. The summed E-state index contributed by atoms with van der Waals surface area (Å²) in [5, 5.41) is 6.38. The molecule has 3 heterocycles. The number of hydrogen-bond donors (Lipinski definition) is 2. The summed E-state index contributed by atoms with van der Waals surface area (Å²) in [4.78, 5) is 34.0. The van der Waals surface area contributed by atoms with Crippen LogP contribution in [0.2, 0.25) is 5.02 Å². The molecule has 1 aliphatic rings. The van der Waals surface area contributed by atoms with Gasteiger partial charge in [0, 0.05) is 16.8 Å². The summed E-state index contributed by atoms with van der Waals surface area (Å²) < 4.78 is 25.2. The van der Waals surface area contributed by atoms with Gasteiger partial charge in [-0.15, -0.1) is 0 Å². The second-order valence-corrected chi connectivity index (χ2v) is 8.74. The highest BCUT2D eigenvalue weighted by molar-refractivity contribution is 6.30. The molecule has 1 saturated heterocycles. The molecule has 0 radical (unpaired) electrons. The van der Waals surface area contributed by atoms with Gasteiger partial charge in [-0.05, 0) is 48.0 Å². The van der Waals surface area contributed by atoms with Gasteiger partial charge in [-0.1, -0.05) is 23.7 Å². The molecule has 0 bridgehead atoms. The molecule has 2 aromatic heterocycles. The number of carbonyl (C=O) groups excluding carboxylic acids is 1. The topological polar surface area (TPSA) is 107 Å². The molecule has 11 heteroatoms. The fourth-order valence-electron chi connectivity index (χ4n) is 3.50. The van der Waals surface area contributed by atoms with Crippen molar-refractivity contribution in [1.29, 1.82) is 0 Å². The van der Waals surface area contributed by atoms with Crippen molar-refractivity contribution in [2.45, 2.75) is 6.54 Å². The lowest BCUT2D eigenvalue weighted by Crippen LogP contribution is -2.40. The summed E-state index contributed by atoms with van der Waals surface area (Å²) in [5.41, 5.74) is 1.12. The molecular formula is C26H21ClFN5O4. The normalized spacial score (nSPS) is 13.0. The lowest BCUT2D eigenvalue weighted by molar-refractivity contribution is -0.133. The average molecular weight is 522 g/mol. The van der Waals surface area contributed by atoms with Gasteiger partial charge in [-0.3, -0.25) is 14.2 Å². The maximum absolute atomic E-state index is 13.4. The van der Waals surface area contributed by atoms with Gasteiger partial charge in [-0.2, -0.15) is 0 Å². The molecule has 9 nitrogen and oxygen atoms in total. The van der Waals surface area contributed by atoms with Crippen LogP contribution in [0.15, 0.2) is 77.9 Å². The minimum atomic E-state index is -0.452. The van der Waals surface area contributed by atoms with Crippen molar-refractivity contribution >= 4 is 34.8 Å². The number of rotatable bonds is 8. The molecule has 0 unspecified atom stereocenters. The van der Waals surface area contributed by atoms with Crippen LogP contribution in [0.1, 0.15) is 5.56 Å². The standard InChI is InChI=1S/C26H21ClFN5O4/c27-18-3-1-16(2-4-18)13-33-25(35)22(32-24(34)17-14-36-15-17)12-30-26(33)31-20-6-8-21(9-7-20)37-23-10-5-19(28)11-29-23/h1-12,17H,13-15H2,(H,30,31)(H,32,34). The second-order valence-electron chi connectivity index (χ2n) is 8.30. The number of benzene rings is 2. The highest BCUT2D eigenvalue weighted by Gasteiger charge is 2.27. The number of amides is 1. The van der Waals surface area contributed by atoms with E-state index in [1.165, 1.54) is 22.9 Å².